The van der Waals surface area contributed by atoms with Crippen molar-refractivity contribution in [2.75, 3.05) is 0 Å². The highest BCUT2D eigenvalue weighted by Gasteiger charge is 2.35. The van der Waals surface area contributed by atoms with Crippen LogP contribution in [-0.4, -0.2) is 16.3 Å². The Bertz CT molecular complexity index is 1550. The Morgan fingerprint density at radius 1 is 0.622 bits per heavy atom. The van der Waals surface area contributed by atoms with Crippen LogP contribution in [-0.2, 0) is 5.54 Å². The van der Waals surface area contributed by atoms with Gasteiger partial charge in [0.05, 0.1) is 15.8 Å². The fourth-order valence-electron chi connectivity index (χ4n) is 4.75. The van der Waals surface area contributed by atoms with Gasteiger partial charge in [-0.1, -0.05) is 109 Å². The first-order chi connectivity index (χ1) is 18.3. The third kappa shape index (κ3) is 4.22. The molecule has 0 aliphatic heterocycles. The first kappa shape index (κ1) is 22.9. The number of benzene rings is 5. The Morgan fingerprint density at radius 3 is 1.73 bits per heavy atom. The van der Waals surface area contributed by atoms with E-state index in [-0.39, 0.29) is 5.75 Å². The van der Waals surface area contributed by atoms with E-state index in [2.05, 4.69) is 36.4 Å². The van der Waals surface area contributed by atoms with E-state index < -0.39 is 5.54 Å². The minimum atomic E-state index is -0.790. The highest BCUT2D eigenvalue weighted by molar-refractivity contribution is 7.21. The van der Waals surface area contributed by atoms with Crippen molar-refractivity contribution in [3.63, 3.8) is 0 Å². The number of nitrogens with zero attached hydrogens (tertiary/aromatic N) is 2. The lowest BCUT2D eigenvalue weighted by atomic mass is 9.77. The minimum absolute atomic E-state index is 0.174. The maximum absolute atomic E-state index is 11.4. The number of aliphatic imine (C=N–C) groups is 1. The van der Waals surface area contributed by atoms with Gasteiger partial charge in [-0.2, -0.15) is 0 Å². The summed E-state index contributed by atoms with van der Waals surface area (Å²) in [5, 5.41) is 12.1. The number of thiazole rings is 1. The average molecular weight is 497 g/mol. The first-order valence-electron chi connectivity index (χ1n) is 12.2. The Hall–Kier alpha value is -4.54. The molecular formula is C33H24N2OS. The van der Waals surface area contributed by atoms with E-state index >= 15 is 0 Å². The van der Waals surface area contributed by atoms with Crippen LogP contribution in [0.5, 0.6) is 5.75 Å². The normalized spacial score (nSPS) is 11.8. The maximum Gasteiger partial charge on any atom is 0.136 e. The predicted octanol–water partition coefficient (Wildman–Crippen LogP) is 8.08. The molecule has 1 aromatic heterocycles. The average Bonchev–Trinajstić information content (AvgIpc) is 3.40. The summed E-state index contributed by atoms with van der Waals surface area (Å²) < 4.78 is 1.09. The van der Waals surface area contributed by atoms with E-state index in [1.165, 1.54) is 0 Å². The van der Waals surface area contributed by atoms with Gasteiger partial charge in [-0.15, -0.1) is 11.3 Å². The summed E-state index contributed by atoms with van der Waals surface area (Å²) in [7, 11) is 0. The molecule has 37 heavy (non-hydrogen) atoms. The Kier molecular flexibility index (Phi) is 6.09. The van der Waals surface area contributed by atoms with Crippen LogP contribution in [0.15, 0.2) is 138 Å². The van der Waals surface area contributed by atoms with Crippen molar-refractivity contribution in [1.29, 1.82) is 0 Å². The van der Waals surface area contributed by atoms with Gasteiger partial charge in [0.1, 0.15) is 16.3 Å². The summed E-state index contributed by atoms with van der Waals surface area (Å²) >= 11 is 1.57. The van der Waals surface area contributed by atoms with Crippen molar-refractivity contribution in [1.82, 2.24) is 4.98 Å². The molecule has 3 nitrogen and oxygen atoms in total. The molecule has 0 aliphatic carbocycles. The lowest BCUT2D eigenvalue weighted by molar-refractivity contribution is 0.476. The fourth-order valence-corrected chi connectivity index (χ4v) is 5.75. The molecule has 0 bridgehead atoms. The molecule has 0 fully saturated rings. The molecule has 178 valence electrons. The third-order valence-corrected chi connectivity index (χ3v) is 7.63. The highest BCUT2D eigenvalue weighted by atomic mass is 32.1. The van der Waals surface area contributed by atoms with Crippen LogP contribution in [0.25, 0.3) is 20.8 Å². The van der Waals surface area contributed by atoms with Gasteiger partial charge in [0.25, 0.3) is 0 Å². The summed E-state index contributed by atoms with van der Waals surface area (Å²) in [6.07, 6.45) is 1.79. The number of rotatable bonds is 6. The number of fused-ring (bicyclic) bond motifs is 1. The summed E-state index contributed by atoms with van der Waals surface area (Å²) in [6, 6.07) is 44.7. The standard InChI is InChI=1S/C33H24N2OS/c36-31-24(13-12-20-28(31)32-35-29-21-10-11-22-30(29)37-32)23-34-33(25-14-4-1-5-15-25,26-16-6-2-7-17-26)27-18-8-3-9-19-27/h1-23,36H. The topological polar surface area (TPSA) is 45.5 Å². The van der Waals surface area contributed by atoms with E-state index in [1.54, 1.807) is 17.6 Å². The summed E-state index contributed by atoms with van der Waals surface area (Å²) in [5.41, 5.74) is 4.62. The third-order valence-electron chi connectivity index (χ3n) is 6.56. The van der Waals surface area contributed by atoms with Crippen LogP contribution in [0.3, 0.4) is 0 Å². The van der Waals surface area contributed by atoms with E-state index in [0.29, 0.717) is 11.1 Å². The molecule has 0 unspecified atom stereocenters. The van der Waals surface area contributed by atoms with Crippen molar-refractivity contribution in [3.8, 4) is 16.3 Å². The Labute approximate surface area is 220 Å². The Balaban J connectivity index is 1.53. The first-order valence-corrected chi connectivity index (χ1v) is 13.0. The van der Waals surface area contributed by atoms with Crippen molar-refractivity contribution < 1.29 is 5.11 Å². The molecule has 4 heteroatoms. The molecule has 0 saturated heterocycles. The van der Waals surface area contributed by atoms with Gasteiger partial charge in [-0.25, -0.2) is 4.98 Å². The fraction of sp³-hybridized carbons (Fsp3) is 0.0303. The largest absolute Gasteiger partial charge is 0.507 e. The molecule has 6 rings (SSSR count). The number of hydrogen-bond donors (Lipinski definition) is 1. The number of phenols is 1. The zero-order valence-electron chi connectivity index (χ0n) is 20.0. The molecule has 0 radical (unpaired) electrons. The van der Waals surface area contributed by atoms with Gasteiger partial charge in [-0.05, 0) is 41.0 Å². The second kappa shape index (κ2) is 9.84. The number of para-hydroxylation sites is 2. The van der Waals surface area contributed by atoms with Crippen molar-refractivity contribution >= 4 is 27.8 Å². The molecule has 0 spiro atoms. The van der Waals surface area contributed by atoms with Crippen molar-refractivity contribution in [2.45, 2.75) is 5.54 Å². The molecule has 6 aromatic rings. The quantitative estimate of drug-likeness (QED) is 0.187. The van der Waals surface area contributed by atoms with Gasteiger partial charge in [0, 0.05) is 11.8 Å². The van der Waals surface area contributed by atoms with Crippen LogP contribution in [0.1, 0.15) is 22.3 Å². The van der Waals surface area contributed by atoms with Gasteiger partial charge in [-0.3, -0.25) is 4.99 Å². The van der Waals surface area contributed by atoms with E-state index in [4.69, 9.17) is 9.98 Å². The maximum atomic E-state index is 11.4. The number of hydrogen-bond acceptors (Lipinski definition) is 4. The van der Waals surface area contributed by atoms with Crippen LogP contribution in [0.2, 0.25) is 0 Å². The number of aromatic hydroxyl groups is 1. The van der Waals surface area contributed by atoms with E-state index in [9.17, 15) is 5.11 Å². The number of phenolic OH excluding ortho intramolecular Hbond substituents is 1. The molecular weight excluding hydrogens is 472 g/mol. The lowest BCUT2D eigenvalue weighted by Gasteiger charge is -2.32. The van der Waals surface area contributed by atoms with Crippen LogP contribution < -0.4 is 0 Å². The zero-order valence-corrected chi connectivity index (χ0v) is 20.8. The molecule has 0 amide bonds. The van der Waals surface area contributed by atoms with Crippen LogP contribution in [0, 0.1) is 0 Å². The van der Waals surface area contributed by atoms with Gasteiger partial charge in [0.15, 0.2) is 0 Å². The van der Waals surface area contributed by atoms with Crippen LogP contribution in [0.4, 0.5) is 0 Å². The summed E-state index contributed by atoms with van der Waals surface area (Å²) in [6.45, 7) is 0. The smallest absolute Gasteiger partial charge is 0.136 e. The van der Waals surface area contributed by atoms with Gasteiger partial charge < -0.3 is 5.11 Å². The van der Waals surface area contributed by atoms with E-state index in [0.717, 1.165) is 31.9 Å². The lowest BCUT2D eigenvalue weighted by Crippen LogP contribution is -2.27. The van der Waals surface area contributed by atoms with Crippen LogP contribution >= 0.6 is 11.3 Å². The molecule has 1 heterocycles. The summed E-state index contributed by atoms with van der Waals surface area (Å²) in [5.74, 6) is 0.174. The van der Waals surface area contributed by atoms with Gasteiger partial charge >= 0.3 is 0 Å². The predicted molar refractivity (Wildman–Crippen MR) is 154 cm³/mol. The van der Waals surface area contributed by atoms with E-state index in [1.807, 2.05) is 97.1 Å². The monoisotopic (exact) mass is 496 g/mol. The second-order valence-electron chi connectivity index (χ2n) is 8.80. The van der Waals surface area contributed by atoms with Crippen molar-refractivity contribution in [3.05, 3.63) is 156 Å². The minimum Gasteiger partial charge on any atom is -0.507 e. The second-order valence-corrected chi connectivity index (χ2v) is 9.83. The summed E-state index contributed by atoms with van der Waals surface area (Å²) in [4.78, 5) is 10.0. The Morgan fingerprint density at radius 2 is 1.16 bits per heavy atom. The zero-order chi connectivity index (χ0) is 25.1. The molecule has 1 N–H and O–H groups in total. The highest BCUT2D eigenvalue weighted by Crippen LogP contribution is 2.41. The molecule has 5 aromatic carbocycles. The molecule has 0 atom stereocenters. The van der Waals surface area contributed by atoms with Crippen molar-refractivity contribution in [2.24, 2.45) is 4.99 Å². The number of aromatic nitrogens is 1. The molecule has 0 aliphatic rings. The van der Waals surface area contributed by atoms with Gasteiger partial charge in [0.2, 0.25) is 0 Å². The molecule has 0 saturated carbocycles. The SMILES string of the molecule is Oc1c(C=NC(c2ccccc2)(c2ccccc2)c2ccccc2)cccc1-c1nc2ccccc2s1.